The zero-order chi connectivity index (χ0) is 21.0. The van der Waals surface area contributed by atoms with Crippen molar-refractivity contribution in [3.05, 3.63) is 54.6 Å². The van der Waals surface area contributed by atoms with Crippen LogP contribution in [0.5, 0.6) is 5.75 Å². The Kier molecular flexibility index (Phi) is 9.27. The summed E-state index contributed by atoms with van der Waals surface area (Å²) >= 11 is 1.67. The standard InChI is InChI=1S/C23H27NO5S/c1-2-18-17-19(29-16-15-28-14-13-27-12-11-26-10-9-25)7-8-20(18)23-24-21-5-3-4-6-22(21)30-23/h2-8,17,25H,1,9-16H2. The normalized spacial score (nSPS) is 11.1. The second kappa shape index (κ2) is 12.4. The number of ether oxygens (including phenoxy) is 4. The van der Waals surface area contributed by atoms with Crippen molar-refractivity contribution < 1.29 is 24.1 Å². The molecule has 0 bridgehead atoms. The number of aliphatic hydroxyl groups is 1. The second-order valence-corrected chi connectivity index (χ2v) is 7.38. The predicted octanol–water partition coefficient (Wildman–Crippen LogP) is 4.03. The summed E-state index contributed by atoms with van der Waals surface area (Å²) in [4.78, 5) is 4.73. The van der Waals surface area contributed by atoms with E-state index in [1.165, 1.54) is 4.70 Å². The maximum absolute atomic E-state index is 8.59. The van der Waals surface area contributed by atoms with E-state index in [1.54, 1.807) is 11.3 Å². The molecule has 0 atom stereocenters. The molecule has 1 heterocycles. The number of para-hydroxylation sites is 1. The Bertz CT molecular complexity index is 894. The predicted molar refractivity (Wildman–Crippen MR) is 120 cm³/mol. The van der Waals surface area contributed by atoms with Gasteiger partial charge in [0.1, 0.15) is 17.4 Å². The molecule has 0 fully saturated rings. The van der Waals surface area contributed by atoms with Gasteiger partial charge in [0.25, 0.3) is 0 Å². The van der Waals surface area contributed by atoms with Gasteiger partial charge in [-0.25, -0.2) is 4.98 Å². The molecule has 0 radical (unpaired) electrons. The molecular weight excluding hydrogens is 402 g/mol. The van der Waals surface area contributed by atoms with E-state index in [0.29, 0.717) is 46.2 Å². The monoisotopic (exact) mass is 429 g/mol. The maximum atomic E-state index is 8.59. The number of benzene rings is 2. The molecule has 2 aromatic carbocycles. The third-order valence-corrected chi connectivity index (χ3v) is 5.31. The number of hydrogen-bond donors (Lipinski definition) is 1. The van der Waals surface area contributed by atoms with E-state index in [0.717, 1.165) is 27.4 Å². The highest BCUT2D eigenvalue weighted by Crippen LogP contribution is 2.34. The molecule has 0 aliphatic carbocycles. The summed E-state index contributed by atoms with van der Waals surface area (Å²) in [6.45, 7) is 7.20. The molecule has 0 aliphatic heterocycles. The molecule has 1 aromatic heterocycles. The van der Waals surface area contributed by atoms with Gasteiger partial charge in [0.2, 0.25) is 0 Å². The van der Waals surface area contributed by atoms with Gasteiger partial charge in [-0.05, 0) is 35.9 Å². The van der Waals surface area contributed by atoms with Crippen molar-refractivity contribution in [2.24, 2.45) is 0 Å². The summed E-state index contributed by atoms with van der Waals surface area (Å²) in [5, 5.41) is 9.56. The van der Waals surface area contributed by atoms with Crippen molar-refractivity contribution in [3.63, 3.8) is 0 Å². The quantitative estimate of drug-likeness (QED) is 0.390. The van der Waals surface area contributed by atoms with Crippen LogP contribution in [-0.4, -0.2) is 62.9 Å². The van der Waals surface area contributed by atoms with E-state index >= 15 is 0 Å². The van der Waals surface area contributed by atoms with Crippen molar-refractivity contribution in [1.82, 2.24) is 4.98 Å². The van der Waals surface area contributed by atoms with Crippen LogP contribution in [0.15, 0.2) is 49.0 Å². The highest BCUT2D eigenvalue weighted by Gasteiger charge is 2.10. The molecule has 0 amide bonds. The molecule has 30 heavy (non-hydrogen) atoms. The number of nitrogens with zero attached hydrogens (tertiary/aromatic N) is 1. The van der Waals surface area contributed by atoms with Gasteiger partial charge < -0.3 is 24.1 Å². The van der Waals surface area contributed by atoms with E-state index in [2.05, 4.69) is 12.6 Å². The van der Waals surface area contributed by atoms with Crippen molar-refractivity contribution in [3.8, 4) is 16.3 Å². The highest BCUT2D eigenvalue weighted by atomic mass is 32.1. The van der Waals surface area contributed by atoms with Gasteiger partial charge in [0, 0.05) is 5.56 Å². The smallest absolute Gasteiger partial charge is 0.125 e. The molecule has 7 heteroatoms. The summed E-state index contributed by atoms with van der Waals surface area (Å²) in [5.41, 5.74) is 3.05. The summed E-state index contributed by atoms with van der Waals surface area (Å²) in [6, 6.07) is 14.1. The van der Waals surface area contributed by atoms with E-state index < -0.39 is 0 Å². The van der Waals surface area contributed by atoms with Crippen LogP contribution in [-0.2, 0) is 14.2 Å². The Balaban J connectivity index is 1.41. The van der Waals surface area contributed by atoms with Crippen LogP contribution in [0.1, 0.15) is 5.56 Å². The fourth-order valence-corrected chi connectivity index (χ4v) is 3.82. The van der Waals surface area contributed by atoms with Crippen LogP contribution in [0.3, 0.4) is 0 Å². The average Bonchev–Trinajstić information content (AvgIpc) is 3.21. The molecule has 0 saturated heterocycles. The van der Waals surface area contributed by atoms with E-state index in [4.69, 9.17) is 29.0 Å². The second-order valence-electron chi connectivity index (χ2n) is 6.35. The Hall–Kier alpha value is -2.29. The van der Waals surface area contributed by atoms with Gasteiger partial charge in [0.05, 0.1) is 56.5 Å². The number of fused-ring (bicyclic) bond motifs is 1. The van der Waals surface area contributed by atoms with Crippen LogP contribution >= 0.6 is 11.3 Å². The topological polar surface area (TPSA) is 70.0 Å². The van der Waals surface area contributed by atoms with Crippen LogP contribution in [0, 0.1) is 0 Å². The Morgan fingerprint density at radius 3 is 2.30 bits per heavy atom. The number of aromatic nitrogens is 1. The minimum atomic E-state index is 0.0299. The molecule has 3 rings (SSSR count). The average molecular weight is 430 g/mol. The van der Waals surface area contributed by atoms with Crippen LogP contribution < -0.4 is 4.74 Å². The lowest BCUT2D eigenvalue weighted by molar-refractivity contribution is 0.00361. The first-order valence-corrected chi connectivity index (χ1v) is 10.7. The maximum Gasteiger partial charge on any atom is 0.125 e. The number of hydrogen-bond acceptors (Lipinski definition) is 7. The number of thiazole rings is 1. The van der Waals surface area contributed by atoms with Gasteiger partial charge in [-0.1, -0.05) is 24.8 Å². The first-order valence-electron chi connectivity index (χ1n) is 9.91. The zero-order valence-corrected chi connectivity index (χ0v) is 17.7. The van der Waals surface area contributed by atoms with Gasteiger partial charge in [-0.2, -0.15) is 0 Å². The summed E-state index contributed by atoms with van der Waals surface area (Å²) in [7, 11) is 0. The molecule has 0 spiro atoms. The third kappa shape index (κ3) is 6.62. The van der Waals surface area contributed by atoms with Crippen molar-refractivity contribution in [1.29, 1.82) is 0 Å². The summed E-state index contributed by atoms with van der Waals surface area (Å²) in [5.74, 6) is 0.774. The molecular formula is C23H27NO5S. The lowest BCUT2D eigenvalue weighted by Gasteiger charge is -2.10. The van der Waals surface area contributed by atoms with Crippen LogP contribution in [0.2, 0.25) is 0 Å². The first kappa shape index (κ1) is 22.4. The molecule has 0 saturated carbocycles. The molecule has 0 aliphatic rings. The fourth-order valence-electron chi connectivity index (χ4n) is 2.81. The van der Waals surface area contributed by atoms with Gasteiger partial charge in [0.15, 0.2) is 0 Å². The lowest BCUT2D eigenvalue weighted by Crippen LogP contribution is -2.13. The fraction of sp³-hybridized carbons (Fsp3) is 0.348. The highest BCUT2D eigenvalue weighted by molar-refractivity contribution is 7.21. The van der Waals surface area contributed by atoms with Gasteiger partial charge in [-0.3, -0.25) is 0 Å². The van der Waals surface area contributed by atoms with Crippen LogP contribution in [0.25, 0.3) is 26.9 Å². The largest absolute Gasteiger partial charge is 0.491 e. The Morgan fingerprint density at radius 2 is 1.60 bits per heavy atom. The number of rotatable bonds is 14. The zero-order valence-electron chi connectivity index (χ0n) is 16.9. The van der Waals surface area contributed by atoms with Crippen molar-refractivity contribution in [2.45, 2.75) is 0 Å². The minimum Gasteiger partial charge on any atom is -0.491 e. The molecule has 0 unspecified atom stereocenters. The first-order chi connectivity index (χ1) is 14.8. The van der Waals surface area contributed by atoms with E-state index in [1.807, 2.05) is 42.5 Å². The lowest BCUT2D eigenvalue weighted by atomic mass is 10.1. The number of aliphatic hydroxyl groups excluding tert-OH is 1. The molecule has 1 N–H and O–H groups in total. The molecule has 160 valence electrons. The van der Waals surface area contributed by atoms with Gasteiger partial charge in [-0.15, -0.1) is 11.3 Å². The van der Waals surface area contributed by atoms with E-state index in [-0.39, 0.29) is 6.61 Å². The van der Waals surface area contributed by atoms with Gasteiger partial charge >= 0.3 is 0 Å². The van der Waals surface area contributed by atoms with Crippen molar-refractivity contribution in [2.75, 3.05) is 52.9 Å². The molecule has 3 aromatic rings. The SMILES string of the molecule is C=Cc1cc(OCCOCCOCCOCCO)ccc1-c1nc2ccccc2s1. The minimum absolute atomic E-state index is 0.0299. The van der Waals surface area contributed by atoms with Crippen LogP contribution in [0.4, 0.5) is 0 Å². The van der Waals surface area contributed by atoms with E-state index in [9.17, 15) is 0 Å². The Morgan fingerprint density at radius 1 is 0.900 bits per heavy atom. The summed E-state index contributed by atoms with van der Waals surface area (Å²) < 4.78 is 22.9. The molecule has 6 nitrogen and oxygen atoms in total. The third-order valence-electron chi connectivity index (χ3n) is 4.24. The summed E-state index contributed by atoms with van der Waals surface area (Å²) in [6.07, 6.45) is 1.83. The Labute approximate surface area is 180 Å². The van der Waals surface area contributed by atoms with Crippen molar-refractivity contribution >= 4 is 27.6 Å².